The molecule has 1 amide bonds. The number of nitrogens with one attached hydrogen (secondary N) is 2. The third-order valence-corrected chi connectivity index (χ3v) is 2.25. The van der Waals surface area contributed by atoms with Crippen molar-refractivity contribution < 1.29 is 13.6 Å². The number of halogens is 2. The fourth-order valence-corrected chi connectivity index (χ4v) is 1.40. The standard InChI is InChI=1S/C12H16F2N2O/c1-15-7-3-6-11(17)16-10-5-2-4-9(8-10)12(13)14/h2,4-5,8,12,15H,3,6-7H2,1H3,(H,16,17). The van der Waals surface area contributed by atoms with E-state index in [1.807, 2.05) is 7.05 Å². The molecule has 0 saturated carbocycles. The number of rotatable bonds is 6. The molecule has 3 nitrogen and oxygen atoms in total. The first kappa shape index (κ1) is 13.6. The average molecular weight is 242 g/mol. The molecule has 0 unspecified atom stereocenters. The van der Waals surface area contributed by atoms with Crippen LogP contribution < -0.4 is 10.6 Å². The summed E-state index contributed by atoms with van der Waals surface area (Å²) in [7, 11) is 1.81. The minimum Gasteiger partial charge on any atom is -0.326 e. The van der Waals surface area contributed by atoms with E-state index in [0.29, 0.717) is 12.1 Å². The first-order valence-electron chi connectivity index (χ1n) is 5.46. The van der Waals surface area contributed by atoms with E-state index < -0.39 is 6.43 Å². The number of carbonyl (C=O) groups excluding carboxylic acids is 1. The van der Waals surface area contributed by atoms with E-state index in [1.165, 1.54) is 18.2 Å². The SMILES string of the molecule is CNCCCC(=O)Nc1cccc(C(F)F)c1. The Labute approximate surface area is 99.2 Å². The van der Waals surface area contributed by atoms with Gasteiger partial charge in [0.2, 0.25) is 5.91 Å². The van der Waals surface area contributed by atoms with Crippen molar-refractivity contribution in [2.75, 3.05) is 18.9 Å². The lowest BCUT2D eigenvalue weighted by atomic mass is 10.2. The minimum atomic E-state index is -2.52. The van der Waals surface area contributed by atoms with E-state index in [9.17, 15) is 13.6 Å². The number of anilines is 1. The second kappa shape index (κ2) is 6.96. The van der Waals surface area contributed by atoms with Crippen LogP contribution in [-0.2, 0) is 4.79 Å². The van der Waals surface area contributed by atoms with E-state index in [0.717, 1.165) is 13.0 Å². The van der Waals surface area contributed by atoms with E-state index in [2.05, 4.69) is 10.6 Å². The average Bonchev–Trinajstić information content (AvgIpc) is 2.29. The molecule has 0 aliphatic carbocycles. The Bertz CT molecular complexity index is 369. The maximum absolute atomic E-state index is 12.4. The first-order valence-corrected chi connectivity index (χ1v) is 5.46. The Hall–Kier alpha value is -1.49. The summed E-state index contributed by atoms with van der Waals surface area (Å²) in [5, 5.41) is 5.53. The molecule has 0 atom stereocenters. The fraction of sp³-hybridized carbons (Fsp3) is 0.417. The van der Waals surface area contributed by atoms with Crippen LogP contribution >= 0.6 is 0 Å². The number of benzene rings is 1. The van der Waals surface area contributed by atoms with Gasteiger partial charge in [0.25, 0.3) is 6.43 Å². The molecular weight excluding hydrogens is 226 g/mol. The highest BCUT2D eigenvalue weighted by Gasteiger charge is 2.08. The van der Waals surface area contributed by atoms with Crippen LogP contribution in [0.25, 0.3) is 0 Å². The van der Waals surface area contributed by atoms with Gasteiger partial charge in [-0.3, -0.25) is 4.79 Å². The second-order valence-electron chi connectivity index (χ2n) is 3.68. The van der Waals surface area contributed by atoms with Gasteiger partial charge in [0.15, 0.2) is 0 Å². The zero-order chi connectivity index (χ0) is 12.7. The summed E-state index contributed by atoms with van der Waals surface area (Å²) in [6, 6.07) is 5.73. The molecule has 1 rings (SSSR count). The lowest BCUT2D eigenvalue weighted by Gasteiger charge is -2.07. The largest absolute Gasteiger partial charge is 0.326 e. The number of hydrogen-bond donors (Lipinski definition) is 2. The summed E-state index contributed by atoms with van der Waals surface area (Å²) in [4.78, 5) is 11.4. The maximum Gasteiger partial charge on any atom is 0.263 e. The van der Waals surface area contributed by atoms with Gasteiger partial charge < -0.3 is 10.6 Å². The van der Waals surface area contributed by atoms with Crippen LogP contribution in [0.3, 0.4) is 0 Å². The molecule has 0 fully saturated rings. The highest BCUT2D eigenvalue weighted by molar-refractivity contribution is 5.90. The van der Waals surface area contributed by atoms with Gasteiger partial charge in [0.05, 0.1) is 0 Å². The van der Waals surface area contributed by atoms with Crippen molar-refractivity contribution in [3.8, 4) is 0 Å². The molecule has 5 heteroatoms. The summed E-state index contributed by atoms with van der Waals surface area (Å²) in [5.41, 5.74) is 0.329. The number of amides is 1. The smallest absolute Gasteiger partial charge is 0.263 e. The van der Waals surface area contributed by atoms with Gasteiger partial charge in [-0.2, -0.15) is 0 Å². The molecule has 0 heterocycles. The zero-order valence-electron chi connectivity index (χ0n) is 9.67. The number of hydrogen-bond acceptors (Lipinski definition) is 2. The van der Waals surface area contributed by atoms with Crippen molar-refractivity contribution in [2.45, 2.75) is 19.3 Å². The predicted molar refractivity (Wildman–Crippen MR) is 63.2 cm³/mol. The Kier molecular flexibility index (Phi) is 5.56. The molecule has 1 aromatic carbocycles. The van der Waals surface area contributed by atoms with Gasteiger partial charge >= 0.3 is 0 Å². The van der Waals surface area contributed by atoms with Crippen LogP contribution in [0.2, 0.25) is 0 Å². The van der Waals surface area contributed by atoms with E-state index in [-0.39, 0.29) is 11.5 Å². The lowest BCUT2D eigenvalue weighted by Crippen LogP contribution is -2.15. The Morgan fingerprint density at radius 3 is 2.82 bits per heavy atom. The molecule has 2 N–H and O–H groups in total. The molecular formula is C12H16F2N2O. The van der Waals surface area contributed by atoms with Crippen LogP contribution in [0.15, 0.2) is 24.3 Å². The quantitative estimate of drug-likeness (QED) is 0.753. The summed E-state index contributed by atoms with van der Waals surface area (Å²) in [6.45, 7) is 0.754. The molecule has 0 spiro atoms. The van der Waals surface area contributed by atoms with Gasteiger partial charge in [-0.05, 0) is 32.1 Å². The Morgan fingerprint density at radius 2 is 2.18 bits per heavy atom. The first-order chi connectivity index (χ1) is 8.13. The number of alkyl halides is 2. The third-order valence-electron chi connectivity index (χ3n) is 2.25. The predicted octanol–water partition coefficient (Wildman–Crippen LogP) is 2.56. The topological polar surface area (TPSA) is 41.1 Å². The van der Waals surface area contributed by atoms with Crippen LogP contribution in [0.4, 0.5) is 14.5 Å². The van der Waals surface area contributed by atoms with Crippen molar-refractivity contribution in [1.82, 2.24) is 5.32 Å². The van der Waals surface area contributed by atoms with Crippen LogP contribution in [0.5, 0.6) is 0 Å². The van der Waals surface area contributed by atoms with Gasteiger partial charge in [0.1, 0.15) is 0 Å². The van der Waals surface area contributed by atoms with Gasteiger partial charge in [-0.1, -0.05) is 12.1 Å². The third kappa shape index (κ3) is 4.91. The molecule has 0 aliphatic heterocycles. The fourth-order valence-electron chi connectivity index (χ4n) is 1.40. The molecule has 1 aromatic rings. The second-order valence-corrected chi connectivity index (χ2v) is 3.68. The monoisotopic (exact) mass is 242 g/mol. The normalized spacial score (nSPS) is 10.6. The van der Waals surface area contributed by atoms with E-state index in [1.54, 1.807) is 6.07 Å². The van der Waals surface area contributed by atoms with Crippen LogP contribution in [0.1, 0.15) is 24.8 Å². The molecule has 0 bridgehead atoms. The Morgan fingerprint density at radius 1 is 1.41 bits per heavy atom. The molecule has 0 saturated heterocycles. The molecule has 17 heavy (non-hydrogen) atoms. The highest BCUT2D eigenvalue weighted by Crippen LogP contribution is 2.21. The van der Waals surface area contributed by atoms with Crippen molar-refractivity contribution in [1.29, 1.82) is 0 Å². The van der Waals surface area contributed by atoms with Crippen molar-refractivity contribution >= 4 is 11.6 Å². The van der Waals surface area contributed by atoms with Gasteiger partial charge in [0, 0.05) is 17.7 Å². The zero-order valence-corrected chi connectivity index (χ0v) is 9.67. The van der Waals surface area contributed by atoms with Gasteiger partial charge in [-0.15, -0.1) is 0 Å². The molecule has 0 radical (unpaired) electrons. The van der Waals surface area contributed by atoms with Crippen LogP contribution in [0, 0.1) is 0 Å². The maximum atomic E-state index is 12.4. The lowest BCUT2D eigenvalue weighted by molar-refractivity contribution is -0.116. The molecule has 94 valence electrons. The molecule has 0 aliphatic rings. The number of carbonyl (C=O) groups is 1. The van der Waals surface area contributed by atoms with E-state index in [4.69, 9.17) is 0 Å². The van der Waals surface area contributed by atoms with Crippen molar-refractivity contribution in [2.24, 2.45) is 0 Å². The van der Waals surface area contributed by atoms with Crippen LogP contribution in [-0.4, -0.2) is 19.5 Å². The van der Waals surface area contributed by atoms with Crippen molar-refractivity contribution in [3.63, 3.8) is 0 Å². The summed E-state index contributed by atoms with van der Waals surface area (Å²) >= 11 is 0. The molecule has 0 aromatic heterocycles. The summed E-state index contributed by atoms with van der Waals surface area (Å²) in [5.74, 6) is -0.160. The minimum absolute atomic E-state index is 0.0852. The van der Waals surface area contributed by atoms with E-state index >= 15 is 0 Å². The summed E-state index contributed by atoms with van der Waals surface area (Å²) < 4.78 is 24.8. The summed E-state index contributed by atoms with van der Waals surface area (Å²) in [6.07, 6.45) is -1.42. The highest BCUT2D eigenvalue weighted by atomic mass is 19.3. The van der Waals surface area contributed by atoms with Crippen molar-refractivity contribution in [3.05, 3.63) is 29.8 Å². The van der Waals surface area contributed by atoms with Gasteiger partial charge in [-0.25, -0.2) is 8.78 Å². The Balaban J connectivity index is 2.50.